The molecular formula is C7H8N2O2. The number of carbonyl (C=O) groups excluding carboxylic acids is 1. The van der Waals surface area contributed by atoms with Crippen molar-refractivity contribution in [2.45, 2.75) is 0 Å². The highest BCUT2D eigenvalue weighted by atomic mass is 16.3. The van der Waals surface area contributed by atoms with Crippen LogP contribution in [0.15, 0.2) is 28.7 Å². The standard InChI is InChI=1S/C7H8N2O2/c1-8-7(11)6-5(10)3-2-4-9-6/h2-4,8,11H,1H3/b7-6+. The van der Waals surface area contributed by atoms with Crippen LogP contribution in [0.3, 0.4) is 0 Å². The van der Waals surface area contributed by atoms with Gasteiger partial charge in [-0.05, 0) is 12.2 Å². The summed E-state index contributed by atoms with van der Waals surface area (Å²) in [7, 11) is 1.52. The molecule has 4 nitrogen and oxygen atoms in total. The molecule has 0 bridgehead atoms. The van der Waals surface area contributed by atoms with Crippen LogP contribution in [-0.2, 0) is 4.79 Å². The lowest BCUT2D eigenvalue weighted by molar-refractivity contribution is -0.111. The molecule has 1 heterocycles. The van der Waals surface area contributed by atoms with E-state index in [1.807, 2.05) is 0 Å². The van der Waals surface area contributed by atoms with E-state index in [1.54, 1.807) is 0 Å². The van der Waals surface area contributed by atoms with Gasteiger partial charge in [-0.15, -0.1) is 0 Å². The second-order valence-corrected chi connectivity index (χ2v) is 1.95. The maximum absolute atomic E-state index is 10.9. The van der Waals surface area contributed by atoms with Crippen LogP contribution >= 0.6 is 0 Å². The fraction of sp³-hybridized carbons (Fsp3) is 0.143. The first kappa shape index (κ1) is 7.53. The number of nitrogens with zero attached hydrogens (tertiary/aromatic N) is 1. The molecule has 4 heteroatoms. The van der Waals surface area contributed by atoms with Gasteiger partial charge >= 0.3 is 0 Å². The molecular weight excluding hydrogens is 144 g/mol. The van der Waals surface area contributed by atoms with Crippen molar-refractivity contribution in [3.8, 4) is 0 Å². The number of carbonyl (C=O) groups is 1. The van der Waals surface area contributed by atoms with Crippen molar-refractivity contribution < 1.29 is 9.90 Å². The van der Waals surface area contributed by atoms with Crippen LogP contribution in [-0.4, -0.2) is 24.2 Å². The van der Waals surface area contributed by atoms with Crippen molar-refractivity contribution in [2.24, 2.45) is 4.99 Å². The zero-order valence-electron chi connectivity index (χ0n) is 6.03. The Morgan fingerprint density at radius 3 is 3.00 bits per heavy atom. The molecule has 11 heavy (non-hydrogen) atoms. The first-order chi connectivity index (χ1) is 5.25. The molecule has 0 amide bonds. The van der Waals surface area contributed by atoms with Gasteiger partial charge in [-0.2, -0.15) is 0 Å². The van der Waals surface area contributed by atoms with Crippen molar-refractivity contribution >= 4 is 12.0 Å². The molecule has 0 aliphatic carbocycles. The van der Waals surface area contributed by atoms with E-state index in [-0.39, 0.29) is 17.4 Å². The van der Waals surface area contributed by atoms with Crippen molar-refractivity contribution in [1.29, 1.82) is 0 Å². The molecule has 1 aliphatic rings. The van der Waals surface area contributed by atoms with Crippen LogP contribution in [0, 0.1) is 0 Å². The fourth-order valence-corrected chi connectivity index (χ4v) is 0.687. The second kappa shape index (κ2) is 3.01. The van der Waals surface area contributed by atoms with Gasteiger partial charge in [0, 0.05) is 13.3 Å². The van der Waals surface area contributed by atoms with Gasteiger partial charge in [0.15, 0.2) is 5.70 Å². The summed E-state index contributed by atoms with van der Waals surface area (Å²) in [6, 6.07) is 0. The molecule has 0 aromatic rings. The zero-order chi connectivity index (χ0) is 8.27. The summed E-state index contributed by atoms with van der Waals surface area (Å²) < 4.78 is 0. The average molecular weight is 152 g/mol. The Morgan fingerprint density at radius 1 is 1.73 bits per heavy atom. The zero-order valence-corrected chi connectivity index (χ0v) is 6.03. The Labute approximate surface area is 63.9 Å². The van der Waals surface area contributed by atoms with Crippen LogP contribution in [0.5, 0.6) is 0 Å². The molecule has 0 aromatic carbocycles. The normalized spacial score (nSPS) is 20.3. The van der Waals surface area contributed by atoms with Gasteiger partial charge in [-0.25, -0.2) is 4.99 Å². The van der Waals surface area contributed by atoms with Crippen LogP contribution in [0.25, 0.3) is 0 Å². The molecule has 0 saturated carbocycles. The van der Waals surface area contributed by atoms with Gasteiger partial charge in [0.2, 0.25) is 11.7 Å². The molecule has 0 fully saturated rings. The molecule has 58 valence electrons. The van der Waals surface area contributed by atoms with E-state index < -0.39 is 0 Å². The van der Waals surface area contributed by atoms with Crippen LogP contribution in [0.1, 0.15) is 0 Å². The molecule has 0 radical (unpaired) electrons. The maximum atomic E-state index is 10.9. The molecule has 0 aromatic heterocycles. The highest BCUT2D eigenvalue weighted by molar-refractivity contribution is 6.09. The van der Waals surface area contributed by atoms with E-state index in [4.69, 9.17) is 5.11 Å². The Morgan fingerprint density at radius 2 is 2.45 bits per heavy atom. The topological polar surface area (TPSA) is 61.7 Å². The van der Waals surface area contributed by atoms with E-state index >= 15 is 0 Å². The average Bonchev–Trinajstić information content (AvgIpc) is 2.04. The lowest BCUT2D eigenvalue weighted by Crippen LogP contribution is -2.13. The minimum atomic E-state index is -0.292. The van der Waals surface area contributed by atoms with Gasteiger partial charge in [0.25, 0.3) is 0 Å². The van der Waals surface area contributed by atoms with Crippen LogP contribution < -0.4 is 5.32 Å². The summed E-state index contributed by atoms with van der Waals surface area (Å²) >= 11 is 0. The Hall–Kier alpha value is -1.58. The summed E-state index contributed by atoms with van der Waals surface area (Å²) in [6.45, 7) is 0. The maximum Gasteiger partial charge on any atom is 0.214 e. The molecule has 0 atom stereocenters. The third-order valence-corrected chi connectivity index (χ3v) is 1.23. The summed E-state index contributed by atoms with van der Waals surface area (Å²) in [5.41, 5.74) is 0.0509. The minimum absolute atomic E-state index is 0.0509. The number of aliphatic imine (C=N–C) groups is 1. The number of ketones is 1. The predicted octanol–water partition coefficient (Wildman–Crippen LogP) is 0.143. The van der Waals surface area contributed by atoms with E-state index in [2.05, 4.69) is 10.3 Å². The SMILES string of the molecule is CN/C(O)=C1\N=CC=CC1=O. The number of aliphatic hydroxyl groups is 1. The summed E-state index contributed by atoms with van der Waals surface area (Å²) in [5, 5.41) is 11.5. The number of aliphatic hydroxyl groups excluding tert-OH is 1. The number of hydrogen-bond donors (Lipinski definition) is 2. The molecule has 1 rings (SSSR count). The van der Waals surface area contributed by atoms with Gasteiger partial charge in [0.05, 0.1) is 0 Å². The molecule has 0 spiro atoms. The number of allylic oxidation sites excluding steroid dienone is 2. The molecule has 2 N–H and O–H groups in total. The first-order valence-corrected chi connectivity index (χ1v) is 3.11. The van der Waals surface area contributed by atoms with Gasteiger partial charge in [0.1, 0.15) is 0 Å². The van der Waals surface area contributed by atoms with Crippen LogP contribution in [0.2, 0.25) is 0 Å². The minimum Gasteiger partial charge on any atom is -0.493 e. The largest absolute Gasteiger partial charge is 0.493 e. The van der Waals surface area contributed by atoms with E-state index in [0.717, 1.165) is 0 Å². The monoisotopic (exact) mass is 152 g/mol. The van der Waals surface area contributed by atoms with E-state index in [0.29, 0.717) is 0 Å². The van der Waals surface area contributed by atoms with Gasteiger partial charge in [-0.1, -0.05) is 0 Å². The lowest BCUT2D eigenvalue weighted by Gasteiger charge is -2.03. The van der Waals surface area contributed by atoms with Crippen molar-refractivity contribution in [2.75, 3.05) is 7.05 Å². The van der Waals surface area contributed by atoms with E-state index in [1.165, 1.54) is 25.4 Å². The Bertz CT molecular complexity index is 264. The van der Waals surface area contributed by atoms with E-state index in [9.17, 15) is 4.79 Å². The van der Waals surface area contributed by atoms with Gasteiger partial charge < -0.3 is 10.4 Å². The smallest absolute Gasteiger partial charge is 0.214 e. The molecule has 0 saturated heterocycles. The molecule has 0 unspecified atom stereocenters. The predicted molar refractivity (Wildman–Crippen MR) is 41.4 cm³/mol. The number of dihydropyridines is 1. The number of rotatable bonds is 1. The number of hydrogen-bond acceptors (Lipinski definition) is 4. The lowest BCUT2D eigenvalue weighted by atomic mass is 10.2. The summed E-state index contributed by atoms with van der Waals surface area (Å²) in [4.78, 5) is 14.6. The first-order valence-electron chi connectivity index (χ1n) is 3.11. The second-order valence-electron chi connectivity index (χ2n) is 1.95. The quantitative estimate of drug-likeness (QED) is 0.415. The Kier molecular flexibility index (Phi) is 2.06. The number of nitrogens with one attached hydrogen (secondary N) is 1. The third kappa shape index (κ3) is 1.46. The van der Waals surface area contributed by atoms with Gasteiger partial charge in [-0.3, -0.25) is 4.79 Å². The highest BCUT2D eigenvalue weighted by Gasteiger charge is 2.11. The van der Waals surface area contributed by atoms with Crippen molar-refractivity contribution in [1.82, 2.24) is 5.32 Å². The fourth-order valence-electron chi connectivity index (χ4n) is 0.687. The molecule has 1 aliphatic heterocycles. The Balaban J connectivity index is 2.98. The third-order valence-electron chi connectivity index (χ3n) is 1.23. The van der Waals surface area contributed by atoms with Crippen molar-refractivity contribution in [3.05, 3.63) is 23.7 Å². The van der Waals surface area contributed by atoms with Crippen molar-refractivity contribution in [3.63, 3.8) is 0 Å². The summed E-state index contributed by atoms with van der Waals surface area (Å²) in [6.07, 6.45) is 4.31. The summed E-state index contributed by atoms with van der Waals surface area (Å²) in [5.74, 6) is -0.491. The highest BCUT2D eigenvalue weighted by Crippen LogP contribution is 2.05. The van der Waals surface area contributed by atoms with Crippen LogP contribution in [0.4, 0.5) is 0 Å².